The predicted molar refractivity (Wildman–Crippen MR) is 102 cm³/mol. The normalized spacial score (nSPS) is 23.0. The van der Waals surface area contributed by atoms with Gasteiger partial charge in [-0.05, 0) is 57.4 Å². The summed E-state index contributed by atoms with van der Waals surface area (Å²) in [7, 11) is 0. The van der Waals surface area contributed by atoms with Gasteiger partial charge in [-0.2, -0.15) is 0 Å². The molecule has 2 heterocycles. The monoisotopic (exact) mass is 366 g/mol. The molecule has 6 nitrogen and oxygen atoms in total. The van der Waals surface area contributed by atoms with E-state index in [9.17, 15) is 9.59 Å². The van der Waals surface area contributed by atoms with Crippen LogP contribution in [0.15, 0.2) is 18.2 Å². The fourth-order valence-electron chi connectivity index (χ4n) is 3.63. The Hall–Kier alpha value is -1.79. The molecule has 138 valence electrons. The van der Waals surface area contributed by atoms with Gasteiger partial charge in [0.2, 0.25) is 11.8 Å². The average molecular weight is 367 g/mol. The smallest absolute Gasteiger partial charge is 0.248 e. The standard InChI is InChI=1S/C18H26N4O2.ClH/c1-12-10-14(6-7-20-12)18(24)21-15-11-13(17(19)23)4-5-16(15)22-8-2-3-9-22;/h4-5,11-12,14,20H,2-3,6-10H2,1H3,(H2,19,23)(H,21,24);1H/t12-,14-;/m0./s1. The van der Waals surface area contributed by atoms with Gasteiger partial charge in [-0.25, -0.2) is 0 Å². The highest BCUT2D eigenvalue weighted by Gasteiger charge is 2.26. The number of carbonyl (C=O) groups excluding carboxylic acids is 2. The van der Waals surface area contributed by atoms with Gasteiger partial charge in [0.1, 0.15) is 0 Å². The number of hydrogen-bond acceptors (Lipinski definition) is 4. The first-order valence-corrected chi connectivity index (χ1v) is 8.77. The number of amides is 2. The SMILES string of the molecule is C[C@H]1C[C@@H](C(=O)Nc2cc(C(N)=O)ccc2N2CCCC2)CCN1.Cl. The quantitative estimate of drug-likeness (QED) is 0.761. The highest BCUT2D eigenvalue weighted by atomic mass is 35.5. The fourth-order valence-corrected chi connectivity index (χ4v) is 3.63. The zero-order chi connectivity index (χ0) is 17.1. The first-order chi connectivity index (χ1) is 11.5. The van der Waals surface area contributed by atoms with E-state index < -0.39 is 5.91 Å². The maximum Gasteiger partial charge on any atom is 0.248 e. The van der Waals surface area contributed by atoms with Gasteiger partial charge in [0.25, 0.3) is 0 Å². The predicted octanol–water partition coefficient (Wildman–Crippen LogP) is 2.13. The van der Waals surface area contributed by atoms with E-state index >= 15 is 0 Å². The zero-order valence-corrected chi connectivity index (χ0v) is 15.4. The molecule has 2 aliphatic rings. The Morgan fingerprint density at radius 3 is 2.64 bits per heavy atom. The third-order valence-electron chi connectivity index (χ3n) is 4.98. The lowest BCUT2D eigenvalue weighted by molar-refractivity contribution is -0.120. The van der Waals surface area contributed by atoms with Gasteiger partial charge >= 0.3 is 0 Å². The average Bonchev–Trinajstić information content (AvgIpc) is 3.09. The summed E-state index contributed by atoms with van der Waals surface area (Å²) in [6.07, 6.45) is 3.97. The molecule has 0 aromatic heterocycles. The molecule has 2 atom stereocenters. The Balaban J connectivity index is 0.00000225. The van der Waals surface area contributed by atoms with Crippen molar-refractivity contribution in [3.05, 3.63) is 23.8 Å². The van der Waals surface area contributed by atoms with Crippen LogP contribution in [0.2, 0.25) is 0 Å². The molecule has 2 aliphatic heterocycles. The highest BCUT2D eigenvalue weighted by Crippen LogP contribution is 2.31. The van der Waals surface area contributed by atoms with Gasteiger partial charge in [0.05, 0.1) is 11.4 Å². The summed E-state index contributed by atoms with van der Waals surface area (Å²) in [6, 6.07) is 5.69. The highest BCUT2D eigenvalue weighted by molar-refractivity contribution is 6.00. The van der Waals surface area contributed by atoms with Crippen LogP contribution in [0.25, 0.3) is 0 Å². The van der Waals surface area contributed by atoms with E-state index in [2.05, 4.69) is 22.5 Å². The molecule has 1 aromatic carbocycles. The summed E-state index contributed by atoms with van der Waals surface area (Å²) >= 11 is 0. The molecular formula is C18H27ClN4O2. The Labute approximate surface area is 154 Å². The molecule has 0 unspecified atom stereocenters. The van der Waals surface area contributed by atoms with Crippen LogP contribution in [-0.4, -0.2) is 37.5 Å². The molecule has 4 N–H and O–H groups in total. The summed E-state index contributed by atoms with van der Waals surface area (Å²) in [5, 5.41) is 6.42. The van der Waals surface area contributed by atoms with Gasteiger partial charge in [-0.1, -0.05) is 0 Å². The summed E-state index contributed by atoms with van der Waals surface area (Å²) in [5.74, 6) is -0.440. The van der Waals surface area contributed by atoms with E-state index in [0.29, 0.717) is 17.3 Å². The summed E-state index contributed by atoms with van der Waals surface area (Å²) in [4.78, 5) is 26.4. The Bertz CT molecular complexity index is 632. The molecule has 0 bridgehead atoms. The van der Waals surface area contributed by atoms with Crippen molar-refractivity contribution in [2.75, 3.05) is 29.9 Å². The van der Waals surface area contributed by atoms with E-state index in [1.54, 1.807) is 12.1 Å². The lowest BCUT2D eigenvalue weighted by Crippen LogP contribution is -2.40. The van der Waals surface area contributed by atoms with Crippen LogP contribution in [0, 0.1) is 5.92 Å². The summed E-state index contributed by atoms with van der Waals surface area (Å²) < 4.78 is 0. The summed E-state index contributed by atoms with van der Waals surface area (Å²) in [5.41, 5.74) is 7.51. The number of piperidine rings is 1. The number of primary amides is 1. The minimum atomic E-state index is -0.478. The number of nitrogens with one attached hydrogen (secondary N) is 2. The van der Waals surface area contributed by atoms with E-state index in [4.69, 9.17) is 5.73 Å². The lowest BCUT2D eigenvalue weighted by Gasteiger charge is -2.28. The van der Waals surface area contributed by atoms with Gasteiger partial charge < -0.3 is 21.3 Å². The second kappa shape index (κ2) is 8.54. The molecule has 7 heteroatoms. The van der Waals surface area contributed by atoms with Crippen molar-refractivity contribution >= 4 is 35.6 Å². The van der Waals surface area contributed by atoms with Gasteiger partial charge in [0, 0.05) is 30.6 Å². The lowest BCUT2D eigenvalue weighted by atomic mass is 9.92. The number of carbonyl (C=O) groups is 2. The molecular weight excluding hydrogens is 340 g/mol. The third kappa shape index (κ3) is 4.64. The van der Waals surface area contributed by atoms with E-state index in [-0.39, 0.29) is 24.2 Å². The molecule has 0 spiro atoms. The first kappa shape index (κ1) is 19.5. The molecule has 25 heavy (non-hydrogen) atoms. The first-order valence-electron chi connectivity index (χ1n) is 8.77. The molecule has 2 saturated heterocycles. The van der Waals surface area contributed by atoms with E-state index in [0.717, 1.165) is 51.0 Å². The molecule has 0 aliphatic carbocycles. The number of benzene rings is 1. The van der Waals surface area contributed by atoms with Crippen LogP contribution in [0.4, 0.5) is 11.4 Å². The molecule has 3 rings (SSSR count). The van der Waals surface area contributed by atoms with Crippen molar-refractivity contribution in [3.8, 4) is 0 Å². The number of nitrogens with two attached hydrogens (primary N) is 1. The molecule has 2 amide bonds. The van der Waals surface area contributed by atoms with Gasteiger partial charge in [-0.15, -0.1) is 12.4 Å². The zero-order valence-electron chi connectivity index (χ0n) is 14.6. The number of nitrogens with zero attached hydrogens (tertiary/aromatic N) is 1. The van der Waals surface area contributed by atoms with Crippen LogP contribution in [-0.2, 0) is 4.79 Å². The second-order valence-corrected chi connectivity index (χ2v) is 6.86. The van der Waals surface area contributed by atoms with Crippen LogP contribution < -0.4 is 21.3 Å². The summed E-state index contributed by atoms with van der Waals surface area (Å²) in [6.45, 7) is 4.91. The van der Waals surface area contributed by atoms with Crippen LogP contribution in [0.1, 0.15) is 43.0 Å². The Morgan fingerprint density at radius 2 is 2.00 bits per heavy atom. The topological polar surface area (TPSA) is 87.5 Å². The van der Waals surface area contributed by atoms with Gasteiger partial charge in [0.15, 0.2) is 0 Å². The van der Waals surface area contributed by atoms with Crippen molar-refractivity contribution in [1.29, 1.82) is 0 Å². The van der Waals surface area contributed by atoms with Crippen molar-refractivity contribution in [2.45, 2.75) is 38.6 Å². The Morgan fingerprint density at radius 1 is 1.28 bits per heavy atom. The molecule has 0 radical (unpaired) electrons. The Kier molecular flexibility index (Phi) is 6.67. The number of hydrogen-bond donors (Lipinski definition) is 3. The van der Waals surface area contributed by atoms with Crippen LogP contribution >= 0.6 is 12.4 Å². The van der Waals surface area contributed by atoms with E-state index in [1.165, 1.54) is 0 Å². The third-order valence-corrected chi connectivity index (χ3v) is 4.98. The van der Waals surface area contributed by atoms with E-state index in [1.807, 2.05) is 6.07 Å². The molecule has 2 fully saturated rings. The fraction of sp³-hybridized carbons (Fsp3) is 0.556. The second-order valence-electron chi connectivity index (χ2n) is 6.86. The minimum absolute atomic E-state index is 0. The van der Waals surface area contributed by atoms with Crippen molar-refractivity contribution in [1.82, 2.24) is 5.32 Å². The van der Waals surface area contributed by atoms with Crippen LogP contribution in [0.3, 0.4) is 0 Å². The van der Waals surface area contributed by atoms with Gasteiger partial charge in [-0.3, -0.25) is 9.59 Å². The maximum absolute atomic E-state index is 12.7. The molecule has 1 aromatic rings. The van der Waals surface area contributed by atoms with Crippen molar-refractivity contribution < 1.29 is 9.59 Å². The molecule has 0 saturated carbocycles. The minimum Gasteiger partial charge on any atom is -0.370 e. The number of rotatable bonds is 4. The maximum atomic E-state index is 12.7. The van der Waals surface area contributed by atoms with Crippen LogP contribution in [0.5, 0.6) is 0 Å². The van der Waals surface area contributed by atoms with Crippen molar-refractivity contribution in [3.63, 3.8) is 0 Å². The van der Waals surface area contributed by atoms with Crippen molar-refractivity contribution in [2.24, 2.45) is 11.7 Å². The largest absolute Gasteiger partial charge is 0.370 e. The number of anilines is 2. The number of halogens is 1.